The summed E-state index contributed by atoms with van der Waals surface area (Å²) in [6, 6.07) is 0. The van der Waals surface area contributed by atoms with E-state index in [1.807, 2.05) is 13.8 Å². The Hall–Kier alpha value is -1.59. The molecule has 118 valence electrons. The van der Waals surface area contributed by atoms with E-state index in [1.54, 1.807) is 4.90 Å². The van der Waals surface area contributed by atoms with Gasteiger partial charge in [0.25, 0.3) is 0 Å². The Morgan fingerprint density at radius 2 is 2.10 bits per heavy atom. The number of rotatable bonds is 5. The Bertz CT molecular complexity index is 451. The highest BCUT2D eigenvalue weighted by atomic mass is 16.4. The normalized spacial score (nSPS) is 29.2. The molecule has 2 atom stereocenters. The first-order valence-electron chi connectivity index (χ1n) is 7.79. The lowest BCUT2D eigenvalue weighted by Crippen LogP contribution is -2.54. The zero-order valence-corrected chi connectivity index (χ0v) is 12.8. The largest absolute Gasteiger partial charge is 0.479 e. The first kappa shape index (κ1) is 15.8. The molecule has 0 spiro atoms. The number of carboxylic acids is 1. The average molecular weight is 296 g/mol. The molecule has 2 amide bonds. The third-order valence-electron chi connectivity index (χ3n) is 4.76. The molecule has 2 heterocycles. The van der Waals surface area contributed by atoms with Crippen LogP contribution < -0.4 is 0 Å². The highest BCUT2D eigenvalue weighted by molar-refractivity contribution is 5.93. The smallest absolute Gasteiger partial charge is 0.329 e. The summed E-state index contributed by atoms with van der Waals surface area (Å²) in [7, 11) is 0. The van der Waals surface area contributed by atoms with Crippen LogP contribution >= 0.6 is 0 Å². The van der Waals surface area contributed by atoms with Gasteiger partial charge in [-0.2, -0.15) is 0 Å². The standard InChI is InChI=1S/C15H24N2O4/c1-3-6-15(14(20)21)7-5-8-17(15)13(19)11-9-12(18)16(4-2)10-11/h11H,3-10H2,1-2H3,(H,20,21). The van der Waals surface area contributed by atoms with Crippen LogP contribution in [0.15, 0.2) is 0 Å². The molecule has 2 saturated heterocycles. The predicted octanol–water partition coefficient (Wildman–Crippen LogP) is 1.10. The van der Waals surface area contributed by atoms with Gasteiger partial charge in [0.1, 0.15) is 5.54 Å². The van der Waals surface area contributed by atoms with Gasteiger partial charge >= 0.3 is 5.97 Å². The lowest BCUT2D eigenvalue weighted by Gasteiger charge is -2.36. The van der Waals surface area contributed by atoms with Crippen molar-refractivity contribution < 1.29 is 19.5 Å². The summed E-state index contributed by atoms with van der Waals surface area (Å²) in [5.74, 6) is -1.46. The van der Waals surface area contributed by atoms with Crippen molar-refractivity contribution in [1.29, 1.82) is 0 Å². The SMILES string of the molecule is CCCC1(C(=O)O)CCCN1C(=O)C1CC(=O)N(CC)C1. The highest BCUT2D eigenvalue weighted by Gasteiger charge is 2.51. The molecule has 2 aliphatic rings. The van der Waals surface area contributed by atoms with Crippen LogP contribution in [0, 0.1) is 5.92 Å². The zero-order valence-electron chi connectivity index (χ0n) is 12.8. The van der Waals surface area contributed by atoms with Gasteiger partial charge in [-0.15, -0.1) is 0 Å². The quantitative estimate of drug-likeness (QED) is 0.824. The second-order valence-corrected chi connectivity index (χ2v) is 6.01. The molecular formula is C15H24N2O4. The maximum absolute atomic E-state index is 12.7. The Labute approximate surface area is 125 Å². The van der Waals surface area contributed by atoms with E-state index < -0.39 is 11.5 Å². The van der Waals surface area contributed by atoms with E-state index in [1.165, 1.54) is 4.90 Å². The predicted molar refractivity (Wildman–Crippen MR) is 76.6 cm³/mol. The van der Waals surface area contributed by atoms with Crippen LogP contribution in [0.3, 0.4) is 0 Å². The van der Waals surface area contributed by atoms with Crippen molar-refractivity contribution in [1.82, 2.24) is 9.80 Å². The van der Waals surface area contributed by atoms with E-state index in [9.17, 15) is 19.5 Å². The van der Waals surface area contributed by atoms with Crippen LogP contribution in [-0.2, 0) is 14.4 Å². The van der Waals surface area contributed by atoms with Gasteiger partial charge in [0, 0.05) is 26.1 Å². The molecule has 0 aromatic carbocycles. The Balaban J connectivity index is 2.18. The van der Waals surface area contributed by atoms with E-state index in [2.05, 4.69) is 0 Å². The molecule has 0 bridgehead atoms. The third-order valence-corrected chi connectivity index (χ3v) is 4.76. The van der Waals surface area contributed by atoms with E-state index in [-0.39, 0.29) is 24.2 Å². The van der Waals surface area contributed by atoms with E-state index >= 15 is 0 Å². The Kier molecular flexibility index (Phi) is 4.54. The zero-order chi connectivity index (χ0) is 15.6. The number of carboxylic acid groups (broad SMARTS) is 1. The van der Waals surface area contributed by atoms with Crippen LogP contribution in [-0.4, -0.2) is 57.9 Å². The molecule has 6 nitrogen and oxygen atoms in total. The number of carbonyl (C=O) groups excluding carboxylic acids is 2. The molecule has 2 aliphatic heterocycles. The minimum Gasteiger partial charge on any atom is -0.479 e. The number of aliphatic carboxylic acids is 1. The van der Waals surface area contributed by atoms with Crippen molar-refractivity contribution in [3.8, 4) is 0 Å². The summed E-state index contributed by atoms with van der Waals surface area (Å²) >= 11 is 0. The molecule has 2 fully saturated rings. The summed E-state index contributed by atoms with van der Waals surface area (Å²) in [5, 5.41) is 9.64. The van der Waals surface area contributed by atoms with Crippen molar-refractivity contribution in [2.45, 2.75) is 51.5 Å². The summed E-state index contributed by atoms with van der Waals surface area (Å²) in [4.78, 5) is 39.5. The molecule has 2 rings (SSSR count). The lowest BCUT2D eigenvalue weighted by atomic mass is 9.89. The average Bonchev–Trinajstić information content (AvgIpc) is 3.03. The molecule has 2 unspecified atom stereocenters. The van der Waals surface area contributed by atoms with Gasteiger partial charge in [-0.1, -0.05) is 13.3 Å². The molecule has 0 radical (unpaired) electrons. The number of likely N-dealkylation sites (tertiary alicyclic amines) is 2. The molecule has 6 heteroatoms. The van der Waals surface area contributed by atoms with Crippen LogP contribution in [0.1, 0.15) is 46.0 Å². The number of nitrogens with zero attached hydrogens (tertiary/aromatic N) is 2. The van der Waals surface area contributed by atoms with Crippen LogP contribution in [0.4, 0.5) is 0 Å². The van der Waals surface area contributed by atoms with Crippen LogP contribution in [0.5, 0.6) is 0 Å². The fourth-order valence-corrected chi connectivity index (χ4v) is 3.67. The van der Waals surface area contributed by atoms with Crippen LogP contribution in [0.2, 0.25) is 0 Å². The molecule has 0 saturated carbocycles. The van der Waals surface area contributed by atoms with Gasteiger partial charge in [-0.25, -0.2) is 4.79 Å². The van der Waals surface area contributed by atoms with Crippen molar-refractivity contribution in [2.75, 3.05) is 19.6 Å². The Morgan fingerprint density at radius 1 is 1.38 bits per heavy atom. The number of hydrogen-bond acceptors (Lipinski definition) is 3. The fourth-order valence-electron chi connectivity index (χ4n) is 3.67. The maximum atomic E-state index is 12.7. The number of carbonyl (C=O) groups is 3. The van der Waals surface area contributed by atoms with Gasteiger partial charge in [-0.3, -0.25) is 9.59 Å². The maximum Gasteiger partial charge on any atom is 0.329 e. The van der Waals surface area contributed by atoms with Gasteiger partial charge in [0.05, 0.1) is 5.92 Å². The third kappa shape index (κ3) is 2.63. The first-order chi connectivity index (χ1) is 9.96. The first-order valence-corrected chi connectivity index (χ1v) is 7.79. The molecule has 1 N–H and O–H groups in total. The van der Waals surface area contributed by atoms with Crippen LogP contribution in [0.25, 0.3) is 0 Å². The monoisotopic (exact) mass is 296 g/mol. The molecule has 0 aromatic rings. The number of hydrogen-bond donors (Lipinski definition) is 1. The highest BCUT2D eigenvalue weighted by Crippen LogP contribution is 2.36. The van der Waals surface area contributed by atoms with Gasteiger partial charge in [-0.05, 0) is 26.2 Å². The van der Waals surface area contributed by atoms with Gasteiger partial charge in [0.2, 0.25) is 11.8 Å². The molecule has 21 heavy (non-hydrogen) atoms. The van der Waals surface area contributed by atoms with E-state index in [0.29, 0.717) is 32.5 Å². The van der Waals surface area contributed by atoms with Gasteiger partial charge in [0.15, 0.2) is 0 Å². The summed E-state index contributed by atoms with van der Waals surface area (Å²) in [5.41, 5.74) is -1.06. The minimum absolute atomic E-state index is 0.00790. The summed E-state index contributed by atoms with van der Waals surface area (Å²) in [6.07, 6.45) is 2.65. The lowest BCUT2D eigenvalue weighted by molar-refractivity contribution is -0.158. The molecule has 0 aliphatic carbocycles. The number of amides is 2. The fraction of sp³-hybridized carbons (Fsp3) is 0.800. The molecular weight excluding hydrogens is 272 g/mol. The van der Waals surface area contributed by atoms with Crippen molar-refractivity contribution in [2.24, 2.45) is 5.92 Å². The van der Waals surface area contributed by atoms with Gasteiger partial charge < -0.3 is 14.9 Å². The minimum atomic E-state index is -1.06. The summed E-state index contributed by atoms with van der Waals surface area (Å²) < 4.78 is 0. The molecule has 0 aromatic heterocycles. The summed E-state index contributed by atoms with van der Waals surface area (Å²) in [6.45, 7) is 5.33. The van der Waals surface area contributed by atoms with Crippen molar-refractivity contribution >= 4 is 17.8 Å². The van der Waals surface area contributed by atoms with E-state index in [0.717, 1.165) is 12.8 Å². The van der Waals surface area contributed by atoms with Crippen molar-refractivity contribution in [3.05, 3.63) is 0 Å². The second kappa shape index (κ2) is 6.03. The second-order valence-electron chi connectivity index (χ2n) is 6.01. The topological polar surface area (TPSA) is 77.9 Å². The van der Waals surface area contributed by atoms with E-state index in [4.69, 9.17) is 0 Å². The van der Waals surface area contributed by atoms with Crippen molar-refractivity contribution in [3.63, 3.8) is 0 Å². The Morgan fingerprint density at radius 3 is 2.62 bits per heavy atom.